The van der Waals surface area contributed by atoms with Gasteiger partial charge in [0.15, 0.2) is 35.6 Å². The first-order valence-electron chi connectivity index (χ1n) is 14.1. The Kier molecular flexibility index (Phi) is 11.6. The molecule has 45 heavy (non-hydrogen) atoms. The quantitative estimate of drug-likeness (QED) is 0.0862. The van der Waals surface area contributed by atoms with E-state index in [2.05, 4.69) is 0 Å². The van der Waals surface area contributed by atoms with Crippen LogP contribution < -0.4 is 4.74 Å². The van der Waals surface area contributed by atoms with Crippen molar-refractivity contribution < 1.29 is 74.1 Å². The molecule has 0 aliphatic carbocycles. The van der Waals surface area contributed by atoms with Crippen molar-refractivity contribution in [1.82, 2.24) is 0 Å². The standard InChI is InChI=1S/C30H38O15/c1-14-23(35)25(37)26(38)30(43-14)45-28-24(36)21(13-42-22(34)8-5-15-4-7-18(32)20(12-15)40-2)44-29(27(28)39)41-10-9-16-3-6-17(31)19(33)11-16/h3-8,11-12,14,21,23-33,35-39H,9-10,13H2,1-2H3/b8-5+/t14-,21+,23-,24+,25+,26+,27+,28-,29+,30-/m0/s1. The Balaban J connectivity index is 1.44. The molecule has 0 aromatic heterocycles. The number of aliphatic hydroxyl groups excluding tert-OH is 5. The smallest absolute Gasteiger partial charge is 0.330 e. The lowest BCUT2D eigenvalue weighted by Crippen LogP contribution is -2.64. The Labute approximate surface area is 258 Å². The molecule has 2 fully saturated rings. The maximum Gasteiger partial charge on any atom is 0.330 e. The van der Waals surface area contributed by atoms with Crippen molar-refractivity contribution in [1.29, 1.82) is 0 Å². The van der Waals surface area contributed by atoms with Crippen LogP contribution in [0.3, 0.4) is 0 Å². The summed E-state index contributed by atoms with van der Waals surface area (Å²) in [5.74, 6) is -1.32. The van der Waals surface area contributed by atoms with Crippen molar-refractivity contribution in [3.8, 4) is 23.0 Å². The molecule has 15 heteroatoms. The predicted molar refractivity (Wildman–Crippen MR) is 152 cm³/mol. The molecule has 248 valence electrons. The lowest BCUT2D eigenvalue weighted by atomic mass is 9.97. The monoisotopic (exact) mass is 638 g/mol. The van der Waals surface area contributed by atoms with Gasteiger partial charge in [-0.25, -0.2) is 4.79 Å². The fourth-order valence-corrected chi connectivity index (χ4v) is 4.81. The molecule has 0 radical (unpaired) electrons. The van der Waals surface area contributed by atoms with Crippen molar-refractivity contribution >= 4 is 12.0 Å². The largest absolute Gasteiger partial charge is 0.504 e. The number of methoxy groups -OCH3 is 1. The van der Waals surface area contributed by atoms with Crippen LogP contribution in [0.1, 0.15) is 18.1 Å². The van der Waals surface area contributed by atoms with Gasteiger partial charge in [-0.1, -0.05) is 12.1 Å². The van der Waals surface area contributed by atoms with Gasteiger partial charge in [0.25, 0.3) is 0 Å². The zero-order valence-electron chi connectivity index (χ0n) is 24.4. The first kappa shape index (κ1) is 34.4. The Morgan fingerprint density at radius 1 is 0.844 bits per heavy atom. The number of carbonyl (C=O) groups excluding carboxylic acids is 1. The van der Waals surface area contributed by atoms with E-state index in [9.17, 15) is 45.6 Å². The number of aromatic hydroxyl groups is 3. The molecule has 4 rings (SSSR count). The summed E-state index contributed by atoms with van der Waals surface area (Å²) < 4.78 is 32.9. The lowest BCUT2D eigenvalue weighted by molar-refractivity contribution is -0.357. The van der Waals surface area contributed by atoms with E-state index < -0.39 is 74.0 Å². The van der Waals surface area contributed by atoms with Crippen LogP contribution >= 0.6 is 0 Å². The van der Waals surface area contributed by atoms with Gasteiger partial charge in [-0.2, -0.15) is 0 Å². The lowest BCUT2D eigenvalue weighted by Gasteiger charge is -2.45. The third kappa shape index (κ3) is 8.40. The van der Waals surface area contributed by atoms with Gasteiger partial charge in [0.2, 0.25) is 0 Å². The molecule has 2 heterocycles. The van der Waals surface area contributed by atoms with Crippen LogP contribution in [0.15, 0.2) is 42.5 Å². The number of rotatable bonds is 11. The minimum absolute atomic E-state index is 0.0649. The van der Waals surface area contributed by atoms with E-state index in [-0.39, 0.29) is 36.0 Å². The average Bonchev–Trinajstić information content (AvgIpc) is 3.02. The van der Waals surface area contributed by atoms with Gasteiger partial charge in [-0.15, -0.1) is 0 Å². The van der Waals surface area contributed by atoms with Crippen molar-refractivity contribution in [3.63, 3.8) is 0 Å². The van der Waals surface area contributed by atoms with Crippen LogP contribution in [0.25, 0.3) is 6.08 Å². The fourth-order valence-electron chi connectivity index (χ4n) is 4.81. The second-order valence-corrected chi connectivity index (χ2v) is 10.6. The van der Waals surface area contributed by atoms with E-state index in [1.807, 2.05) is 0 Å². The highest BCUT2D eigenvalue weighted by Crippen LogP contribution is 2.31. The van der Waals surface area contributed by atoms with E-state index in [0.29, 0.717) is 11.1 Å². The second-order valence-electron chi connectivity index (χ2n) is 10.6. The molecule has 15 nitrogen and oxygen atoms in total. The van der Waals surface area contributed by atoms with E-state index in [1.54, 1.807) is 12.1 Å². The normalized spacial score (nSPS) is 32.0. The van der Waals surface area contributed by atoms with Crippen LogP contribution in [-0.4, -0.2) is 129 Å². The highest BCUT2D eigenvalue weighted by atomic mass is 16.7. The van der Waals surface area contributed by atoms with E-state index in [1.165, 1.54) is 44.4 Å². The summed E-state index contributed by atoms with van der Waals surface area (Å²) in [5.41, 5.74) is 1.11. The molecular formula is C30H38O15. The third-order valence-corrected chi connectivity index (χ3v) is 7.46. The van der Waals surface area contributed by atoms with Gasteiger partial charge in [0.05, 0.1) is 19.8 Å². The average molecular weight is 639 g/mol. The summed E-state index contributed by atoms with van der Waals surface area (Å²) >= 11 is 0. The van der Waals surface area contributed by atoms with Gasteiger partial charge in [0.1, 0.15) is 49.3 Å². The number of carbonyl (C=O) groups is 1. The summed E-state index contributed by atoms with van der Waals surface area (Å²) in [7, 11) is 1.38. The van der Waals surface area contributed by atoms with E-state index in [4.69, 9.17) is 28.4 Å². The number of hydrogen-bond acceptors (Lipinski definition) is 15. The molecule has 2 aromatic rings. The Morgan fingerprint density at radius 3 is 2.29 bits per heavy atom. The Bertz CT molecular complexity index is 1320. The van der Waals surface area contributed by atoms with Gasteiger partial charge >= 0.3 is 5.97 Å². The number of phenolic OH excluding ortho intramolecular Hbond substituents is 3. The maximum absolute atomic E-state index is 12.5. The van der Waals surface area contributed by atoms with Crippen molar-refractivity contribution in [2.24, 2.45) is 0 Å². The number of aliphatic hydroxyl groups is 5. The van der Waals surface area contributed by atoms with Crippen LogP contribution in [-0.2, 0) is 34.9 Å². The molecule has 0 spiro atoms. The van der Waals surface area contributed by atoms with Crippen LogP contribution in [0, 0.1) is 0 Å². The van der Waals surface area contributed by atoms with Crippen LogP contribution in [0.4, 0.5) is 0 Å². The summed E-state index contributed by atoms with van der Waals surface area (Å²) in [6.07, 6.45) is -12.2. The molecule has 2 aromatic carbocycles. The van der Waals surface area contributed by atoms with Crippen molar-refractivity contribution in [3.05, 3.63) is 53.6 Å². The van der Waals surface area contributed by atoms with Crippen LogP contribution in [0.2, 0.25) is 0 Å². The summed E-state index contributed by atoms with van der Waals surface area (Å²) in [6, 6.07) is 8.61. The Hall–Kier alpha value is -3.51. The molecule has 0 bridgehead atoms. The zero-order chi connectivity index (χ0) is 32.8. The molecule has 0 amide bonds. The van der Waals surface area contributed by atoms with Crippen LogP contribution in [0.5, 0.6) is 23.0 Å². The first-order chi connectivity index (χ1) is 21.4. The molecule has 0 unspecified atom stereocenters. The first-order valence-corrected chi connectivity index (χ1v) is 14.1. The van der Waals surface area contributed by atoms with E-state index in [0.717, 1.165) is 6.08 Å². The minimum Gasteiger partial charge on any atom is -0.504 e. The van der Waals surface area contributed by atoms with Crippen molar-refractivity contribution in [2.75, 3.05) is 20.3 Å². The second kappa shape index (κ2) is 15.2. The predicted octanol–water partition coefficient (Wildman–Crippen LogP) is -0.713. The van der Waals surface area contributed by atoms with Gasteiger partial charge < -0.3 is 69.3 Å². The van der Waals surface area contributed by atoms with Gasteiger partial charge in [0, 0.05) is 6.08 Å². The Morgan fingerprint density at radius 2 is 1.58 bits per heavy atom. The van der Waals surface area contributed by atoms with Crippen molar-refractivity contribution in [2.45, 2.75) is 74.8 Å². The number of benzene rings is 2. The molecule has 2 aliphatic rings. The molecule has 2 aliphatic heterocycles. The van der Waals surface area contributed by atoms with Gasteiger partial charge in [-0.05, 0) is 54.8 Å². The highest BCUT2D eigenvalue weighted by molar-refractivity contribution is 5.87. The fraction of sp³-hybridized carbons (Fsp3) is 0.500. The highest BCUT2D eigenvalue weighted by Gasteiger charge is 2.50. The van der Waals surface area contributed by atoms with E-state index >= 15 is 0 Å². The molecule has 8 N–H and O–H groups in total. The summed E-state index contributed by atoms with van der Waals surface area (Å²) in [6.45, 7) is 0.849. The topological polar surface area (TPSA) is 234 Å². The number of hydrogen-bond donors (Lipinski definition) is 8. The molecule has 2 saturated heterocycles. The molecule has 10 atom stereocenters. The number of phenols is 3. The zero-order valence-corrected chi connectivity index (χ0v) is 24.4. The van der Waals surface area contributed by atoms with Gasteiger partial charge in [-0.3, -0.25) is 0 Å². The minimum atomic E-state index is -1.74. The third-order valence-electron chi connectivity index (χ3n) is 7.46. The summed E-state index contributed by atoms with van der Waals surface area (Å²) in [4.78, 5) is 12.5. The number of ether oxygens (including phenoxy) is 6. The summed E-state index contributed by atoms with van der Waals surface area (Å²) in [5, 5.41) is 81.7. The molecular weight excluding hydrogens is 600 g/mol. The maximum atomic E-state index is 12.5. The SMILES string of the molecule is COc1cc(/C=C/C(=O)OC[C@H]2O[C@@H](OCCc3ccc(O)c(O)c3)[C@H](O)[C@@H](O[C@@H]3O[C@@H](C)[C@H](O)[C@@H](O)[C@H]3O)[C@@H]2O)ccc1O. The molecule has 0 saturated carbocycles. The number of esters is 1.